The maximum Gasteiger partial charge on any atom is 0.147 e. The van der Waals surface area contributed by atoms with Crippen LogP contribution in [-0.2, 0) is 9.47 Å². The predicted molar refractivity (Wildman–Crippen MR) is 52.4 cm³/mol. The largest absolute Gasteiger partial charge is 0.359 e. The van der Waals surface area contributed by atoms with Gasteiger partial charge in [-0.05, 0) is 31.6 Å². The zero-order valence-corrected chi connectivity index (χ0v) is 8.71. The summed E-state index contributed by atoms with van der Waals surface area (Å²) < 4.78 is 10.6. The van der Waals surface area contributed by atoms with Gasteiger partial charge in [0.2, 0.25) is 0 Å². The molecule has 1 saturated carbocycles. The van der Waals surface area contributed by atoms with Gasteiger partial charge in [-0.2, -0.15) is 0 Å². The Hall–Kier alpha value is -0.120. The van der Waals surface area contributed by atoms with E-state index < -0.39 is 0 Å². The summed E-state index contributed by atoms with van der Waals surface area (Å²) in [6, 6.07) is 0. The van der Waals surface area contributed by atoms with Crippen LogP contribution in [0.4, 0.5) is 0 Å². The molecule has 1 fully saturated rings. The lowest BCUT2D eigenvalue weighted by Crippen LogP contribution is -2.44. The molecule has 0 aromatic heterocycles. The Bertz CT molecular complexity index is 136. The van der Waals surface area contributed by atoms with Gasteiger partial charge in [-0.1, -0.05) is 6.92 Å². The van der Waals surface area contributed by atoms with E-state index in [0.29, 0.717) is 13.3 Å². The minimum Gasteiger partial charge on any atom is -0.359 e. The fraction of sp³-hybridized carbons (Fsp3) is 1.00. The van der Waals surface area contributed by atoms with Crippen LogP contribution in [-0.4, -0.2) is 26.0 Å². The third-order valence-electron chi connectivity index (χ3n) is 3.04. The maximum atomic E-state index is 5.74. The van der Waals surface area contributed by atoms with Gasteiger partial charge >= 0.3 is 0 Å². The van der Waals surface area contributed by atoms with Crippen molar-refractivity contribution in [2.75, 3.05) is 20.4 Å². The maximum absolute atomic E-state index is 5.74. The molecule has 13 heavy (non-hydrogen) atoms. The van der Waals surface area contributed by atoms with E-state index in [1.807, 2.05) is 0 Å². The third-order valence-corrected chi connectivity index (χ3v) is 3.04. The fourth-order valence-electron chi connectivity index (χ4n) is 1.88. The Morgan fingerprint density at radius 3 is 2.46 bits per heavy atom. The Labute approximate surface area is 80.6 Å². The zero-order valence-electron chi connectivity index (χ0n) is 8.71. The normalized spacial score (nSPS) is 34.8. The Kier molecular flexibility index (Phi) is 4.16. The summed E-state index contributed by atoms with van der Waals surface area (Å²) in [5.41, 5.74) is 5.65. The molecule has 1 aliphatic rings. The van der Waals surface area contributed by atoms with Crippen LogP contribution in [0, 0.1) is 5.92 Å². The summed E-state index contributed by atoms with van der Waals surface area (Å²) in [6.45, 7) is 3.27. The lowest BCUT2D eigenvalue weighted by atomic mass is 9.79. The molecule has 3 nitrogen and oxygen atoms in total. The lowest BCUT2D eigenvalue weighted by Gasteiger charge is -2.38. The minimum atomic E-state index is -0.0947. The smallest absolute Gasteiger partial charge is 0.147 e. The number of rotatable bonds is 4. The highest BCUT2D eigenvalue weighted by atomic mass is 16.7. The molecule has 1 aliphatic carbocycles. The van der Waals surface area contributed by atoms with Gasteiger partial charge in [0.15, 0.2) is 0 Å². The highest BCUT2D eigenvalue weighted by molar-refractivity contribution is 4.86. The summed E-state index contributed by atoms with van der Waals surface area (Å²) in [5.74, 6) is 0.825. The Morgan fingerprint density at radius 2 is 2.00 bits per heavy atom. The first kappa shape index (κ1) is 11.0. The van der Waals surface area contributed by atoms with Crippen LogP contribution in [0.3, 0.4) is 0 Å². The van der Waals surface area contributed by atoms with Gasteiger partial charge in [-0.3, -0.25) is 0 Å². The molecular formula is C10H21NO2. The Balaban J connectivity index is 2.40. The van der Waals surface area contributed by atoms with E-state index in [2.05, 4.69) is 6.92 Å². The van der Waals surface area contributed by atoms with Crippen molar-refractivity contribution in [2.45, 2.75) is 38.2 Å². The summed E-state index contributed by atoms with van der Waals surface area (Å²) in [7, 11) is 1.65. The van der Waals surface area contributed by atoms with Crippen LogP contribution in [0.1, 0.15) is 32.6 Å². The highest BCUT2D eigenvalue weighted by Crippen LogP contribution is 2.33. The molecule has 0 amide bonds. The van der Waals surface area contributed by atoms with Gasteiger partial charge in [-0.15, -0.1) is 0 Å². The molecule has 0 atom stereocenters. The molecule has 0 saturated heterocycles. The third kappa shape index (κ3) is 2.93. The van der Waals surface area contributed by atoms with Crippen molar-refractivity contribution in [3.63, 3.8) is 0 Å². The van der Waals surface area contributed by atoms with Crippen molar-refractivity contribution in [2.24, 2.45) is 11.7 Å². The van der Waals surface area contributed by atoms with E-state index in [-0.39, 0.29) is 5.60 Å². The van der Waals surface area contributed by atoms with E-state index in [1.165, 1.54) is 12.8 Å². The van der Waals surface area contributed by atoms with E-state index in [9.17, 15) is 0 Å². The highest BCUT2D eigenvalue weighted by Gasteiger charge is 2.33. The van der Waals surface area contributed by atoms with Crippen LogP contribution < -0.4 is 5.73 Å². The molecule has 0 heterocycles. The van der Waals surface area contributed by atoms with Crippen molar-refractivity contribution >= 4 is 0 Å². The number of ether oxygens (including phenoxy) is 2. The van der Waals surface area contributed by atoms with Gasteiger partial charge in [0.25, 0.3) is 0 Å². The first-order valence-corrected chi connectivity index (χ1v) is 5.05. The van der Waals surface area contributed by atoms with E-state index in [1.54, 1.807) is 7.11 Å². The zero-order chi connectivity index (χ0) is 9.73. The molecule has 0 aromatic rings. The molecule has 1 rings (SSSR count). The summed E-state index contributed by atoms with van der Waals surface area (Å²) in [6.07, 6.45) is 4.60. The van der Waals surface area contributed by atoms with E-state index in [0.717, 1.165) is 18.8 Å². The summed E-state index contributed by atoms with van der Waals surface area (Å²) in [5, 5.41) is 0. The minimum absolute atomic E-state index is 0.0947. The molecule has 0 aliphatic heterocycles. The molecule has 78 valence electrons. The van der Waals surface area contributed by atoms with Gasteiger partial charge < -0.3 is 15.2 Å². The quantitative estimate of drug-likeness (QED) is 0.679. The lowest BCUT2D eigenvalue weighted by molar-refractivity contribution is -0.143. The van der Waals surface area contributed by atoms with E-state index in [4.69, 9.17) is 15.2 Å². The monoisotopic (exact) mass is 187 g/mol. The van der Waals surface area contributed by atoms with Gasteiger partial charge in [0, 0.05) is 13.7 Å². The predicted octanol–water partition coefficient (Wildman–Crippen LogP) is 1.51. The van der Waals surface area contributed by atoms with Crippen molar-refractivity contribution in [3.05, 3.63) is 0 Å². The standard InChI is InChI=1S/C10H21NO2/c1-9-3-5-10(7-11,6-4-9)13-8-12-2/h9H,3-8,11H2,1-2H3. The van der Waals surface area contributed by atoms with Crippen LogP contribution >= 0.6 is 0 Å². The van der Waals surface area contributed by atoms with Crippen molar-refractivity contribution < 1.29 is 9.47 Å². The number of nitrogens with two attached hydrogens (primary N) is 1. The van der Waals surface area contributed by atoms with Gasteiger partial charge in [0.1, 0.15) is 6.79 Å². The molecule has 2 N–H and O–H groups in total. The molecule has 3 heteroatoms. The molecule has 0 unspecified atom stereocenters. The van der Waals surface area contributed by atoms with Crippen molar-refractivity contribution in [3.8, 4) is 0 Å². The molecule has 0 spiro atoms. The van der Waals surface area contributed by atoms with Crippen LogP contribution in [0.5, 0.6) is 0 Å². The van der Waals surface area contributed by atoms with Gasteiger partial charge in [0.05, 0.1) is 5.60 Å². The van der Waals surface area contributed by atoms with E-state index >= 15 is 0 Å². The number of hydrogen-bond acceptors (Lipinski definition) is 3. The first-order chi connectivity index (χ1) is 6.22. The van der Waals surface area contributed by atoms with Crippen molar-refractivity contribution in [1.82, 2.24) is 0 Å². The second kappa shape index (κ2) is 4.94. The second-order valence-electron chi connectivity index (χ2n) is 4.12. The average molecular weight is 187 g/mol. The summed E-state index contributed by atoms with van der Waals surface area (Å²) in [4.78, 5) is 0. The molecular weight excluding hydrogens is 166 g/mol. The number of hydrogen-bond donors (Lipinski definition) is 1. The van der Waals surface area contributed by atoms with Crippen LogP contribution in [0.25, 0.3) is 0 Å². The average Bonchev–Trinajstić information content (AvgIpc) is 2.18. The summed E-state index contributed by atoms with van der Waals surface area (Å²) >= 11 is 0. The number of methoxy groups -OCH3 is 1. The molecule has 0 aromatic carbocycles. The second-order valence-corrected chi connectivity index (χ2v) is 4.12. The Morgan fingerprint density at radius 1 is 1.38 bits per heavy atom. The topological polar surface area (TPSA) is 44.5 Å². The SMILES string of the molecule is COCOC1(CN)CCC(C)CC1. The molecule has 0 radical (unpaired) electrons. The van der Waals surface area contributed by atoms with Crippen LogP contribution in [0.15, 0.2) is 0 Å². The van der Waals surface area contributed by atoms with Crippen LogP contribution in [0.2, 0.25) is 0 Å². The van der Waals surface area contributed by atoms with Gasteiger partial charge in [-0.25, -0.2) is 0 Å². The molecule has 0 bridgehead atoms. The fourth-order valence-corrected chi connectivity index (χ4v) is 1.88. The van der Waals surface area contributed by atoms with Crippen molar-refractivity contribution in [1.29, 1.82) is 0 Å². The first-order valence-electron chi connectivity index (χ1n) is 5.05.